The number of aromatic nitrogens is 4. The van der Waals surface area contributed by atoms with Crippen LogP contribution < -0.4 is 0 Å². The minimum atomic E-state index is 0.769. The summed E-state index contributed by atoms with van der Waals surface area (Å²) in [5.41, 5.74) is 4.73. The quantitative estimate of drug-likeness (QED) is 0.816. The van der Waals surface area contributed by atoms with E-state index in [1.807, 2.05) is 24.9 Å². The molecule has 0 saturated carbocycles. The molecule has 17 heavy (non-hydrogen) atoms. The molecule has 4 heteroatoms. The summed E-state index contributed by atoms with van der Waals surface area (Å²) in [6, 6.07) is 0. The molecule has 3 rings (SSSR count). The van der Waals surface area contributed by atoms with E-state index in [2.05, 4.69) is 17.0 Å². The van der Waals surface area contributed by atoms with E-state index in [4.69, 9.17) is 4.98 Å². The van der Waals surface area contributed by atoms with Gasteiger partial charge in [-0.2, -0.15) is 5.10 Å². The first-order valence-corrected chi connectivity index (χ1v) is 6.22. The largest absolute Gasteiger partial charge is 0.342 e. The Morgan fingerprint density at radius 2 is 2.29 bits per heavy atom. The van der Waals surface area contributed by atoms with Crippen molar-refractivity contribution in [3.05, 3.63) is 23.3 Å². The van der Waals surface area contributed by atoms with Crippen LogP contribution in [0, 0.1) is 12.8 Å². The van der Waals surface area contributed by atoms with Crippen molar-refractivity contribution in [2.45, 2.75) is 33.1 Å². The fourth-order valence-electron chi connectivity index (χ4n) is 2.61. The maximum absolute atomic E-state index is 4.72. The molecule has 1 atom stereocenters. The number of aryl methyl sites for hydroxylation is 3. The third-order valence-corrected chi connectivity index (χ3v) is 3.56. The highest BCUT2D eigenvalue weighted by molar-refractivity contribution is 5.58. The van der Waals surface area contributed by atoms with Crippen LogP contribution in [0.2, 0.25) is 0 Å². The van der Waals surface area contributed by atoms with Gasteiger partial charge in [-0.3, -0.25) is 4.68 Å². The summed E-state index contributed by atoms with van der Waals surface area (Å²) in [7, 11) is 1.95. The number of aromatic amines is 1. The van der Waals surface area contributed by atoms with E-state index in [1.165, 1.54) is 17.8 Å². The topological polar surface area (TPSA) is 46.5 Å². The molecule has 0 radical (unpaired) electrons. The smallest absolute Gasteiger partial charge is 0.141 e. The maximum atomic E-state index is 4.72. The monoisotopic (exact) mass is 230 g/mol. The van der Waals surface area contributed by atoms with Gasteiger partial charge in [0, 0.05) is 18.9 Å². The minimum Gasteiger partial charge on any atom is -0.342 e. The molecule has 0 saturated heterocycles. The Balaban J connectivity index is 2.02. The van der Waals surface area contributed by atoms with E-state index in [0.29, 0.717) is 0 Å². The molecule has 2 aromatic heterocycles. The molecule has 2 aromatic rings. The summed E-state index contributed by atoms with van der Waals surface area (Å²) >= 11 is 0. The van der Waals surface area contributed by atoms with Crippen LogP contribution in [0.5, 0.6) is 0 Å². The van der Waals surface area contributed by atoms with Gasteiger partial charge in [-0.15, -0.1) is 0 Å². The van der Waals surface area contributed by atoms with Crippen molar-refractivity contribution in [1.29, 1.82) is 0 Å². The van der Waals surface area contributed by atoms with Crippen LogP contribution in [0.4, 0.5) is 0 Å². The van der Waals surface area contributed by atoms with Gasteiger partial charge in [0.1, 0.15) is 5.82 Å². The summed E-state index contributed by atoms with van der Waals surface area (Å²) < 4.78 is 1.84. The van der Waals surface area contributed by atoms with Gasteiger partial charge in [0.15, 0.2) is 0 Å². The van der Waals surface area contributed by atoms with Crippen LogP contribution in [-0.4, -0.2) is 19.7 Å². The molecule has 1 aliphatic carbocycles. The Labute approximate surface area is 101 Å². The summed E-state index contributed by atoms with van der Waals surface area (Å²) in [6.45, 7) is 4.33. The normalized spacial score (nSPS) is 19.4. The van der Waals surface area contributed by atoms with Crippen LogP contribution in [0.1, 0.15) is 30.4 Å². The Bertz CT molecular complexity index is 550. The summed E-state index contributed by atoms with van der Waals surface area (Å²) in [4.78, 5) is 8.19. The number of hydrogen-bond acceptors (Lipinski definition) is 2. The Morgan fingerprint density at radius 3 is 3.00 bits per heavy atom. The van der Waals surface area contributed by atoms with Gasteiger partial charge in [0.05, 0.1) is 17.0 Å². The molecule has 0 spiro atoms. The predicted octanol–water partition coefficient (Wildman–Crippen LogP) is 2.24. The molecular weight excluding hydrogens is 212 g/mol. The third-order valence-electron chi connectivity index (χ3n) is 3.56. The molecule has 0 aromatic carbocycles. The van der Waals surface area contributed by atoms with Crippen LogP contribution in [0.3, 0.4) is 0 Å². The third kappa shape index (κ3) is 1.77. The number of H-pyrrole nitrogens is 1. The number of imidazole rings is 1. The van der Waals surface area contributed by atoms with Gasteiger partial charge in [-0.05, 0) is 32.1 Å². The molecular formula is C13H18N4. The number of nitrogens with one attached hydrogen (secondary N) is 1. The second kappa shape index (κ2) is 3.72. The van der Waals surface area contributed by atoms with E-state index in [1.54, 1.807) is 0 Å². The molecule has 90 valence electrons. The van der Waals surface area contributed by atoms with E-state index in [-0.39, 0.29) is 0 Å². The highest BCUT2D eigenvalue weighted by atomic mass is 15.3. The van der Waals surface area contributed by atoms with Crippen molar-refractivity contribution in [2.75, 3.05) is 0 Å². The summed E-state index contributed by atoms with van der Waals surface area (Å²) in [5.74, 6) is 1.75. The first-order valence-electron chi connectivity index (χ1n) is 6.22. The van der Waals surface area contributed by atoms with Crippen molar-refractivity contribution in [1.82, 2.24) is 19.7 Å². The van der Waals surface area contributed by atoms with Crippen LogP contribution >= 0.6 is 0 Å². The molecule has 0 aliphatic heterocycles. The standard InChI is InChI=1S/C13H18N4/c1-8-4-5-11-12(6-8)15-13(14-11)10-7-17(3)16-9(10)2/h7-8H,4-6H2,1-3H3,(H,14,15). The fraction of sp³-hybridized carbons (Fsp3) is 0.538. The van der Waals surface area contributed by atoms with Gasteiger partial charge < -0.3 is 4.98 Å². The predicted molar refractivity (Wildman–Crippen MR) is 66.7 cm³/mol. The lowest BCUT2D eigenvalue weighted by Gasteiger charge is -2.15. The fourth-order valence-corrected chi connectivity index (χ4v) is 2.61. The number of hydrogen-bond donors (Lipinski definition) is 1. The highest BCUT2D eigenvalue weighted by Gasteiger charge is 2.20. The van der Waals surface area contributed by atoms with Crippen molar-refractivity contribution >= 4 is 0 Å². The minimum absolute atomic E-state index is 0.769. The molecule has 4 nitrogen and oxygen atoms in total. The SMILES string of the molecule is Cc1nn(C)cc1-c1nc2c([nH]1)CC(C)CC2. The Hall–Kier alpha value is -1.58. The molecule has 2 heterocycles. The second-order valence-corrected chi connectivity index (χ2v) is 5.16. The molecule has 1 aliphatic rings. The van der Waals surface area contributed by atoms with Gasteiger partial charge in [0.25, 0.3) is 0 Å². The van der Waals surface area contributed by atoms with Gasteiger partial charge in [0.2, 0.25) is 0 Å². The van der Waals surface area contributed by atoms with Gasteiger partial charge >= 0.3 is 0 Å². The zero-order valence-electron chi connectivity index (χ0n) is 10.6. The number of rotatable bonds is 1. The van der Waals surface area contributed by atoms with Crippen LogP contribution in [0.25, 0.3) is 11.4 Å². The average molecular weight is 230 g/mol. The van der Waals surface area contributed by atoms with Crippen LogP contribution in [-0.2, 0) is 19.9 Å². The van der Waals surface area contributed by atoms with Crippen LogP contribution in [0.15, 0.2) is 6.20 Å². The molecule has 0 amide bonds. The van der Waals surface area contributed by atoms with Gasteiger partial charge in [-0.25, -0.2) is 4.98 Å². The maximum Gasteiger partial charge on any atom is 0.141 e. The van der Waals surface area contributed by atoms with E-state index in [9.17, 15) is 0 Å². The zero-order chi connectivity index (χ0) is 12.0. The van der Waals surface area contributed by atoms with E-state index in [0.717, 1.165) is 35.8 Å². The second-order valence-electron chi connectivity index (χ2n) is 5.16. The van der Waals surface area contributed by atoms with Gasteiger partial charge in [-0.1, -0.05) is 6.92 Å². The van der Waals surface area contributed by atoms with Crippen molar-refractivity contribution < 1.29 is 0 Å². The summed E-state index contributed by atoms with van der Waals surface area (Å²) in [5, 5.41) is 4.37. The number of fused-ring (bicyclic) bond motifs is 1. The molecule has 1 unspecified atom stereocenters. The van der Waals surface area contributed by atoms with E-state index >= 15 is 0 Å². The first kappa shape index (κ1) is 10.6. The lowest BCUT2D eigenvalue weighted by atomic mass is 9.92. The van der Waals surface area contributed by atoms with Crippen molar-refractivity contribution in [3.63, 3.8) is 0 Å². The van der Waals surface area contributed by atoms with E-state index < -0.39 is 0 Å². The Kier molecular flexibility index (Phi) is 2.31. The first-order chi connectivity index (χ1) is 8.13. The van der Waals surface area contributed by atoms with Crippen molar-refractivity contribution in [2.24, 2.45) is 13.0 Å². The number of nitrogens with zero attached hydrogens (tertiary/aromatic N) is 3. The Morgan fingerprint density at radius 1 is 1.47 bits per heavy atom. The molecule has 1 N–H and O–H groups in total. The highest BCUT2D eigenvalue weighted by Crippen LogP contribution is 2.27. The molecule has 0 fully saturated rings. The zero-order valence-corrected chi connectivity index (χ0v) is 10.6. The average Bonchev–Trinajstić information content (AvgIpc) is 2.80. The van der Waals surface area contributed by atoms with Crippen molar-refractivity contribution in [3.8, 4) is 11.4 Å². The lowest BCUT2D eigenvalue weighted by Crippen LogP contribution is -2.10. The lowest BCUT2D eigenvalue weighted by molar-refractivity contribution is 0.492. The summed E-state index contributed by atoms with van der Waals surface area (Å²) in [6.07, 6.45) is 5.51. The molecule has 0 bridgehead atoms.